The van der Waals surface area contributed by atoms with E-state index >= 15 is 0 Å². The first-order valence-corrected chi connectivity index (χ1v) is 4.68. The van der Waals surface area contributed by atoms with Crippen molar-refractivity contribution >= 4 is 0 Å². The van der Waals surface area contributed by atoms with Gasteiger partial charge in [-0.15, -0.1) is 0 Å². The normalized spacial score (nSPS) is 14.5. The molecule has 0 aromatic carbocycles. The average Bonchev–Trinajstić information content (AvgIpc) is 2.19. The van der Waals surface area contributed by atoms with Gasteiger partial charge in [-0.2, -0.15) is 0 Å². The summed E-state index contributed by atoms with van der Waals surface area (Å²) >= 11 is 0. The fourth-order valence-electron chi connectivity index (χ4n) is 0.891. The van der Waals surface area contributed by atoms with Crippen molar-refractivity contribution < 1.29 is 15.3 Å². The van der Waals surface area contributed by atoms with Gasteiger partial charge in [0.25, 0.3) is 0 Å². The zero-order chi connectivity index (χ0) is 10.3. The molecule has 0 saturated heterocycles. The lowest BCUT2D eigenvalue weighted by atomic mass is 9.92. The molecular formula is C9H21NO3. The summed E-state index contributed by atoms with van der Waals surface area (Å²) in [6, 6.07) is 0.0532. The number of aliphatic hydroxyl groups is 3. The molecule has 4 N–H and O–H groups in total. The molecule has 4 nitrogen and oxygen atoms in total. The van der Waals surface area contributed by atoms with Crippen LogP contribution in [0.1, 0.15) is 20.3 Å². The lowest BCUT2D eigenvalue weighted by Gasteiger charge is -2.27. The lowest BCUT2D eigenvalue weighted by molar-refractivity contribution is 0.0645. The zero-order valence-corrected chi connectivity index (χ0v) is 8.45. The maximum atomic E-state index is 8.98. The second-order valence-corrected chi connectivity index (χ2v) is 3.80. The highest BCUT2D eigenvalue weighted by atomic mass is 16.3. The van der Waals surface area contributed by atoms with Gasteiger partial charge in [-0.05, 0) is 6.42 Å². The largest absolute Gasteiger partial charge is 0.396 e. The predicted molar refractivity (Wildman–Crippen MR) is 51.4 cm³/mol. The van der Waals surface area contributed by atoms with E-state index in [0.717, 1.165) is 6.42 Å². The lowest BCUT2D eigenvalue weighted by Crippen LogP contribution is -2.43. The van der Waals surface area contributed by atoms with Gasteiger partial charge in [0.05, 0.1) is 19.8 Å². The molecular weight excluding hydrogens is 170 g/mol. The third-order valence-electron chi connectivity index (χ3n) is 2.29. The molecule has 0 aromatic heterocycles. The Hall–Kier alpha value is -0.160. The molecule has 1 unspecified atom stereocenters. The van der Waals surface area contributed by atoms with Gasteiger partial charge in [0.1, 0.15) is 0 Å². The molecule has 80 valence electrons. The minimum absolute atomic E-state index is 0.0532. The first-order valence-electron chi connectivity index (χ1n) is 4.68. The maximum Gasteiger partial charge on any atom is 0.0584 e. The van der Waals surface area contributed by atoms with E-state index in [4.69, 9.17) is 15.3 Å². The molecule has 0 aliphatic heterocycles. The van der Waals surface area contributed by atoms with Gasteiger partial charge < -0.3 is 20.6 Å². The standard InChI is InChI=1S/C9H21NO3/c1-3-8(4-11)10-5-9(2,6-12)7-13/h8,10-13H,3-7H2,1-2H3. The van der Waals surface area contributed by atoms with Crippen LogP contribution in [0, 0.1) is 5.41 Å². The third kappa shape index (κ3) is 4.57. The molecule has 0 bridgehead atoms. The minimum Gasteiger partial charge on any atom is -0.396 e. The quantitative estimate of drug-likeness (QED) is 0.431. The van der Waals surface area contributed by atoms with Crippen molar-refractivity contribution in [1.82, 2.24) is 5.32 Å². The van der Waals surface area contributed by atoms with Crippen molar-refractivity contribution in [2.45, 2.75) is 26.3 Å². The Balaban J connectivity index is 3.83. The van der Waals surface area contributed by atoms with E-state index in [2.05, 4.69) is 5.32 Å². The van der Waals surface area contributed by atoms with Crippen LogP contribution in [-0.4, -0.2) is 47.7 Å². The molecule has 0 heterocycles. The number of hydrogen-bond donors (Lipinski definition) is 4. The van der Waals surface area contributed by atoms with Crippen molar-refractivity contribution in [2.24, 2.45) is 5.41 Å². The summed E-state index contributed by atoms with van der Waals surface area (Å²) in [5, 5.41) is 29.9. The molecule has 1 atom stereocenters. The van der Waals surface area contributed by atoms with Gasteiger partial charge in [-0.1, -0.05) is 13.8 Å². The minimum atomic E-state index is -0.497. The summed E-state index contributed by atoms with van der Waals surface area (Å²) in [6.07, 6.45) is 0.837. The van der Waals surface area contributed by atoms with Crippen molar-refractivity contribution in [3.05, 3.63) is 0 Å². The second kappa shape index (κ2) is 6.32. The van der Waals surface area contributed by atoms with E-state index in [1.807, 2.05) is 6.92 Å². The van der Waals surface area contributed by atoms with Gasteiger partial charge in [0, 0.05) is 18.0 Å². The Kier molecular flexibility index (Phi) is 6.24. The van der Waals surface area contributed by atoms with Crippen LogP contribution in [0.4, 0.5) is 0 Å². The van der Waals surface area contributed by atoms with Crippen LogP contribution in [0.25, 0.3) is 0 Å². The number of nitrogens with one attached hydrogen (secondary N) is 1. The van der Waals surface area contributed by atoms with E-state index < -0.39 is 5.41 Å². The SMILES string of the molecule is CCC(CO)NCC(C)(CO)CO. The van der Waals surface area contributed by atoms with E-state index in [1.54, 1.807) is 6.92 Å². The molecule has 0 rings (SSSR count). The van der Waals surface area contributed by atoms with Crippen molar-refractivity contribution in [3.63, 3.8) is 0 Å². The fourth-order valence-corrected chi connectivity index (χ4v) is 0.891. The van der Waals surface area contributed by atoms with Crippen molar-refractivity contribution in [2.75, 3.05) is 26.4 Å². The zero-order valence-electron chi connectivity index (χ0n) is 8.45. The van der Waals surface area contributed by atoms with E-state index in [0.29, 0.717) is 6.54 Å². The van der Waals surface area contributed by atoms with Crippen LogP contribution >= 0.6 is 0 Å². The average molecular weight is 191 g/mol. The summed E-state index contributed by atoms with van der Waals surface area (Å²) < 4.78 is 0. The van der Waals surface area contributed by atoms with Crippen LogP contribution in [0.5, 0.6) is 0 Å². The molecule has 0 aliphatic carbocycles. The van der Waals surface area contributed by atoms with Crippen molar-refractivity contribution in [3.8, 4) is 0 Å². The molecule has 0 aromatic rings. The van der Waals surface area contributed by atoms with Gasteiger partial charge in [-0.3, -0.25) is 0 Å². The van der Waals surface area contributed by atoms with Crippen LogP contribution < -0.4 is 5.32 Å². The predicted octanol–water partition coefficient (Wildman–Crippen LogP) is -0.662. The Bertz CT molecular complexity index is 122. The fraction of sp³-hybridized carbons (Fsp3) is 1.00. The Morgan fingerprint density at radius 3 is 2.08 bits per heavy atom. The Morgan fingerprint density at radius 2 is 1.77 bits per heavy atom. The van der Waals surface area contributed by atoms with E-state index in [-0.39, 0.29) is 25.9 Å². The number of hydrogen-bond acceptors (Lipinski definition) is 4. The molecule has 0 spiro atoms. The third-order valence-corrected chi connectivity index (χ3v) is 2.29. The summed E-state index contributed by atoms with van der Waals surface area (Å²) in [6.45, 7) is 4.26. The maximum absolute atomic E-state index is 8.98. The molecule has 0 aliphatic rings. The first-order chi connectivity index (χ1) is 6.11. The monoisotopic (exact) mass is 191 g/mol. The second-order valence-electron chi connectivity index (χ2n) is 3.80. The summed E-state index contributed by atoms with van der Waals surface area (Å²) in [7, 11) is 0. The molecule has 4 heteroatoms. The van der Waals surface area contributed by atoms with E-state index in [9.17, 15) is 0 Å². The Labute approximate surface area is 79.6 Å². The first kappa shape index (κ1) is 12.8. The number of rotatable bonds is 7. The topological polar surface area (TPSA) is 72.7 Å². The van der Waals surface area contributed by atoms with Gasteiger partial charge in [-0.25, -0.2) is 0 Å². The summed E-state index contributed by atoms with van der Waals surface area (Å²) in [5.41, 5.74) is -0.497. The van der Waals surface area contributed by atoms with Gasteiger partial charge >= 0.3 is 0 Å². The smallest absolute Gasteiger partial charge is 0.0584 e. The molecule has 0 fully saturated rings. The summed E-state index contributed by atoms with van der Waals surface area (Å²) in [4.78, 5) is 0. The highest BCUT2D eigenvalue weighted by Crippen LogP contribution is 2.12. The molecule has 0 radical (unpaired) electrons. The molecule has 0 saturated carbocycles. The van der Waals surface area contributed by atoms with Crippen LogP contribution in [0.2, 0.25) is 0 Å². The van der Waals surface area contributed by atoms with Gasteiger partial charge in [0.2, 0.25) is 0 Å². The van der Waals surface area contributed by atoms with E-state index in [1.165, 1.54) is 0 Å². The van der Waals surface area contributed by atoms with Crippen LogP contribution in [0.3, 0.4) is 0 Å². The number of aliphatic hydroxyl groups excluding tert-OH is 3. The molecule has 13 heavy (non-hydrogen) atoms. The molecule has 0 amide bonds. The highest BCUT2D eigenvalue weighted by molar-refractivity contribution is 4.77. The van der Waals surface area contributed by atoms with Crippen LogP contribution in [0.15, 0.2) is 0 Å². The Morgan fingerprint density at radius 1 is 1.23 bits per heavy atom. The van der Waals surface area contributed by atoms with Crippen LogP contribution in [-0.2, 0) is 0 Å². The summed E-state index contributed by atoms with van der Waals surface area (Å²) in [5.74, 6) is 0. The van der Waals surface area contributed by atoms with Gasteiger partial charge in [0.15, 0.2) is 0 Å². The van der Waals surface area contributed by atoms with Crippen molar-refractivity contribution in [1.29, 1.82) is 0 Å². The highest BCUT2D eigenvalue weighted by Gasteiger charge is 2.22.